The quantitative estimate of drug-likeness (QED) is 0.489. The lowest BCUT2D eigenvalue weighted by molar-refractivity contribution is 0.667. The predicted molar refractivity (Wildman–Crippen MR) is 72.6 cm³/mol. The lowest BCUT2D eigenvalue weighted by Crippen LogP contribution is -1.84. The van der Waals surface area contributed by atoms with Gasteiger partial charge in [0.25, 0.3) is 0 Å². The summed E-state index contributed by atoms with van der Waals surface area (Å²) in [7, 11) is 0. The summed E-state index contributed by atoms with van der Waals surface area (Å²) in [6, 6.07) is 2.26. The Balaban J connectivity index is 2.32. The molecule has 74 valence electrons. The first-order valence-corrected chi connectivity index (χ1v) is 7.36. The molecule has 0 nitrogen and oxygen atoms in total. The second kappa shape index (κ2) is 6.40. The molecule has 13 heavy (non-hydrogen) atoms. The normalized spacial score (nSPS) is 10.7. The molecule has 0 saturated carbocycles. The smallest absolute Gasteiger partial charge is 0.0712 e. The van der Waals surface area contributed by atoms with Crippen LogP contribution in [0.2, 0.25) is 0 Å². The van der Waals surface area contributed by atoms with E-state index >= 15 is 0 Å². The highest BCUT2D eigenvalue weighted by atomic mass is 127. The first kappa shape index (κ1) is 12.0. The molecule has 3 heteroatoms. The van der Waals surface area contributed by atoms with Gasteiger partial charge in [-0.05, 0) is 63.0 Å². The van der Waals surface area contributed by atoms with E-state index in [0.717, 1.165) is 0 Å². The summed E-state index contributed by atoms with van der Waals surface area (Å²) in [5, 5.41) is 0. The van der Waals surface area contributed by atoms with Crippen LogP contribution in [-0.4, -0.2) is 0 Å². The van der Waals surface area contributed by atoms with Crippen LogP contribution >= 0.6 is 49.9 Å². The average Bonchev–Trinajstić information content (AvgIpc) is 2.39. The topological polar surface area (TPSA) is 0 Å². The minimum Gasteiger partial charge on any atom is -0.122 e. The Morgan fingerprint density at radius 2 is 2.15 bits per heavy atom. The van der Waals surface area contributed by atoms with Gasteiger partial charge in [-0.3, -0.25) is 0 Å². The molecule has 0 bridgehead atoms. The van der Waals surface area contributed by atoms with Crippen LogP contribution in [0.3, 0.4) is 0 Å². The Bertz CT molecular complexity index is 257. The van der Waals surface area contributed by atoms with E-state index in [4.69, 9.17) is 0 Å². The third-order valence-corrected chi connectivity index (χ3v) is 4.85. The fourth-order valence-electron chi connectivity index (χ4n) is 1.29. The lowest BCUT2D eigenvalue weighted by Gasteiger charge is -1.98. The van der Waals surface area contributed by atoms with Crippen molar-refractivity contribution in [2.75, 3.05) is 0 Å². The molecule has 1 heterocycles. The second-order valence-electron chi connectivity index (χ2n) is 3.16. The Hall–Kier alpha value is 0.910. The maximum absolute atomic E-state index is 3.52. The molecule has 0 aromatic carbocycles. The molecule has 0 N–H and O–H groups in total. The van der Waals surface area contributed by atoms with Gasteiger partial charge in [-0.1, -0.05) is 26.2 Å². The van der Waals surface area contributed by atoms with E-state index < -0.39 is 0 Å². The van der Waals surface area contributed by atoms with Crippen molar-refractivity contribution >= 4 is 49.9 Å². The first-order chi connectivity index (χ1) is 6.24. The van der Waals surface area contributed by atoms with Crippen LogP contribution in [-0.2, 0) is 6.42 Å². The molecule has 0 aliphatic carbocycles. The molecule has 0 spiro atoms. The van der Waals surface area contributed by atoms with E-state index in [9.17, 15) is 0 Å². The zero-order valence-electron chi connectivity index (χ0n) is 7.78. The highest BCUT2D eigenvalue weighted by Crippen LogP contribution is 2.29. The molecule has 1 aromatic heterocycles. The van der Waals surface area contributed by atoms with E-state index in [-0.39, 0.29) is 0 Å². The lowest BCUT2D eigenvalue weighted by atomic mass is 10.1. The van der Waals surface area contributed by atoms with Gasteiger partial charge in [-0.2, -0.15) is 0 Å². The summed E-state index contributed by atoms with van der Waals surface area (Å²) in [4.78, 5) is 0. The van der Waals surface area contributed by atoms with Gasteiger partial charge in [0.1, 0.15) is 0 Å². The number of halogens is 2. The molecular formula is C10H14BrIS. The van der Waals surface area contributed by atoms with Gasteiger partial charge < -0.3 is 0 Å². The maximum atomic E-state index is 3.52. The largest absolute Gasteiger partial charge is 0.122 e. The molecule has 0 fully saturated rings. The summed E-state index contributed by atoms with van der Waals surface area (Å²) >= 11 is 7.79. The summed E-state index contributed by atoms with van der Waals surface area (Å²) in [6.45, 7) is 2.25. The second-order valence-corrected chi connectivity index (χ2v) is 7.40. The van der Waals surface area contributed by atoms with Crippen LogP contribution in [0, 0.1) is 2.88 Å². The van der Waals surface area contributed by atoms with Gasteiger partial charge >= 0.3 is 0 Å². The Morgan fingerprint density at radius 1 is 1.38 bits per heavy atom. The molecule has 0 saturated heterocycles. The average molecular weight is 373 g/mol. The van der Waals surface area contributed by atoms with Crippen molar-refractivity contribution in [2.45, 2.75) is 39.0 Å². The maximum Gasteiger partial charge on any atom is 0.0712 e. The highest BCUT2D eigenvalue weighted by molar-refractivity contribution is 14.1. The van der Waals surface area contributed by atoms with Crippen LogP contribution in [0.25, 0.3) is 0 Å². The van der Waals surface area contributed by atoms with Crippen molar-refractivity contribution in [3.05, 3.63) is 18.3 Å². The minimum atomic E-state index is 1.25. The standard InChI is InChI=1S/C10H14BrIS/c1-2-3-4-5-6-8-7-9(11)13-10(8)12/h7H,2-6H2,1H3. The fourth-order valence-corrected chi connectivity index (χ4v) is 4.76. The minimum absolute atomic E-state index is 1.25. The Morgan fingerprint density at radius 3 is 2.69 bits per heavy atom. The van der Waals surface area contributed by atoms with Gasteiger partial charge in [0.05, 0.1) is 6.67 Å². The van der Waals surface area contributed by atoms with E-state index in [2.05, 4.69) is 51.5 Å². The number of rotatable bonds is 5. The van der Waals surface area contributed by atoms with E-state index in [1.165, 1.54) is 44.3 Å². The van der Waals surface area contributed by atoms with Crippen LogP contribution < -0.4 is 0 Å². The molecule has 0 radical (unpaired) electrons. The van der Waals surface area contributed by atoms with Gasteiger partial charge in [0.15, 0.2) is 0 Å². The SMILES string of the molecule is CCCCCCc1cc(Br)sc1I. The molecular weight excluding hydrogens is 359 g/mol. The van der Waals surface area contributed by atoms with Crippen LogP contribution in [0.5, 0.6) is 0 Å². The van der Waals surface area contributed by atoms with Crippen molar-refractivity contribution < 1.29 is 0 Å². The zero-order valence-corrected chi connectivity index (χ0v) is 12.3. The van der Waals surface area contributed by atoms with Crippen molar-refractivity contribution in [1.82, 2.24) is 0 Å². The number of hydrogen-bond acceptors (Lipinski definition) is 1. The van der Waals surface area contributed by atoms with Crippen LogP contribution in [0.1, 0.15) is 38.2 Å². The monoisotopic (exact) mass is 372 g/mol. The van der Waals surface area contributed by atoms with E-state index in [0.29, 0.717) is 0 Å². The molecule has 0 aliphatic heterocycles. The van der Waals surface area contributed by atoms with Crippen molar-refractivity contribution in [3.63, 3.8) is 0 Å². The van der Waals surface area contributed by atoms with Gasteiger partial charge in [0, 0.05) is 0 Å². The van der Waals surface area contributed by atoms with Gasteiger partial charge in [0.2, 0.25) is 0 Å². The highest BCUT2D eigenvalue weighted by Gasteiger charge is 2.03. The third-order valence-electron chi connectivity index (χ3n) is 2.03. The van der Waals surface area contributed by atoms with E-state index in [1.807, 2.05) is 11.3 Å². The molecule has 0 amide bonds. The first-order valence-electron chi connectivity index (χ1n) is 4.67. The summed E-state index contributed by atoms with van der Waals surface area (Å²) in [6.07, 6.45) is 6.67. The molecule has 0 atom stereocenters. The number of hydrogen-bond donors (Lipinski definition) is 0. The van der Waals surface area contributed by atoms with Crippen LogP contribution in [0.15, 0.2) is 9.85 Å². The Labute approximate surface area is 106 Å². The van der Waals surface area contributed by atoms with Crippen LogP contribution in [0.4, 0.5) is 0 Å². The zero-order chi connectivity index (χ0) is 9.68. The predicted octanol–water partition coefficient (Wildman–Crippen LogP) is 5.24. The molecule has 1 rings (SSSR count). The van der Waals surface area contributed by atoms with Gasteiger partial charge in [-0.25, -0.2) is 0 Å². The number of aryl methyl sites for hydroxylation is 1. The fraction of sp³-hybridized carbons (Fsp3) is 0.600. The van der Waals surface area contributed by atoms with Crippen molar-refractivity contribution in [2.24, 2.45) is 0 Å². The summed E-state index contributed by atoms with van der Waals surface area (Å²) < 4.78 is 2.71. The Kier molecular flexibility index (Phi) is 5.90. The van der Waals surface area contributed by atoms with Crippen molar-refractivity contribution in [3.8, 4) is 0 Å². The number of thiophene rings is 1. The van der Waals surface area contributed by atoms with E-state index in [1.54, 1.807) is 0 Å². The van der Waals surface area contributed by atoms with Crippen molar-refractivity contribution in [1.29, 1.82) is 0 Å². The number of unbranched alkanes of at least 4 members (excludes halogenated alkanes) is 3. The van der Waals surface area contributed by atoms with Gasteiger partial charge in [-0.15, -0.1) is 11.3 Å². The molecule has 0 unspecified atom stereocenters. The summed E-state index contributed by atoms with van der Waals surface area (Å²) in [5.41, 5.74) is 1.52. The molecule has 0 aliphatic rings. The third kappa shape index (κ3) is 4.30. The summed E-state index contributed by atoms with van der Waals surface area (Å²) in [5.74, 6) is 0. The molecule has 1 aromatic rings.